The van der Waals surface area contributed by atoms with Gasteiger partial charge in [-0.25, -0.2) is 4.98 Å². The smallest absolute Gasteiger partial charge is 0.249 e. The monoisotopic (exact) mass is 486 g/mol. The van der Waals surface area contributed by atoms with Gasteiger partial charge in [-0.05, 0) is 47.4 Å². The van der Waals surface area contributed by atoms with E-state index in [-0.39, 0.29) is 11.8 Å². The second-order valence-corrected chi connectivity index (χ2v) is 8.82. The second-order valence-electron chi connectivity index (χ2n) is 8.82. The minimum Gasteiger partial charge on any atom is -0.366 e. The highest BCUT2D eigenvalue weighted by Gasteiger charge is 2.17. The fourth-order valence-corrected chi connectivity index (χ4v) is 4.27. The van der Waals surface area contributed by atoms with Gasteiger partial charge in [0.2, 0.25) is 11.8 Å². The van der Waals surface area contributed by atoms with E-state index in [2.05, 4.69) is 27.4 Å². The zero-order valence-corrected chi connectivity index (χ0v) is 20.3. The van der Waals surface area contributed by atoms with E-state index >= 15 is 0 Å². The number of aromatic nitrogens is 2. The molecule has 4 N–H and O–H groups in total. The molecule has 0 saturated heterocycles. The van der Waals surface area contributed by atoms with Crippen molar-refractivity contribution in [2.24, 2.45) is 5.73 Å². The van der Waals surface area contributed by atoms with Gasteiger partial charge in [0.05, 0.1) is 5.92 Å². The topological polar surface area (TPSA) is 101 Å². The van der Waals surface area contributed by atoms with Crippen molar-refractivity contribution in [2.75, 3.05) is 5.32 Å². The predicted octanol–water partition coefficient (Wildman–Crippen LogP) is 6.00. The maximum absolute atomic E-state index is 13.0. The van der Waals surface area contributed by atoms with Gasteiger partial charge in [0.25, 0.3) is 0 Å². The Morgan fingerprint density at radius 2 is 1.51 bits per heavy atom. The predicted molar refractivity (Wildman–Crippen MR) is 149 cm³/mol. The molecule has 6 nitrogen and oxygen atoms in total. The van der Waals surface area contributed by atoms with Gasteiger partial charge in [0, 0.05) is 22.7 Å². The highest BCUT2D eigenvalue weighted by molar-refractivity contribution is 6.24. The Hall–Kier alpha value is -4.97. The summed E-state index contributed by atoms with van der Waals surface area (Å²) in [6.07, 6.45) is 3.52. The summed E-state index contributed by atoms with van der Waals surface area (Å²) in [6.45, 7) is 1.87. The molecular weight excluding hydrogens is 460 g/mol. The molecule has 0 fully saturated rings. The number of primary amides is 1. The van der Waals surface area contributed by atoms with E-state index in [4.69, 9.17) is 5.73 Å². The molecule has 0 saturated carbocycles. The molecule has 0 bridgehead atoms. The van der Waals surface area contributed by atoms with Crippen molar-refractivity contribution in [3.8, 4) is 11.1 Å². The van der Waals surface area contributed by atoms with Gasteiger partial charge in [-0.2, -0.15) is 0 Å². The van der Waals surface area contributed by atoms with E-state index in [0.29, 0.717) is 17.0 Å². The zero-order chi connectivity index (χ0) is 25.8. The number of hydrogen-bond donors (Lipinski definition) is 3. The van der Waals surface area contributed by atoms with Gasteiger partial charge in [0.15, 0.2) is 0 Å². The van der Waals surface area contributed by atoms with Gasteiger partial charge in [-0.1, -0.05) is 84.9 Å². The summed E-state index contributed by atoms with van der Waals surface area (Å²) >= 11 is 0. The SMILES string of the molecule is CC(C(=O)Nc1ccc2c(C=C(C(N)=O)c3ccccc3)c[nH]c2n1)c1ccc(-c2ccccc2)cc1. The molecule has 0 aliphatic heterocycles. The Bertz CT molecular complexity index is 1590. The number of nitrogens with one attached hydrogen (secondary N) is 2. The standard InChI is InChI=1S/C31H26N4O2/c1-20(21-12-14-23(15-13-21)22-8-4-2-5-9-22)31(37)35-28-17-16-26-25(19-33-30(26)34-28)18-27(29(32)36)24-10-6-3-7-11-24/h2-20H,1H3,(H2,32,36)(H2,33,34,35,37). The van der Waals surface area contributed by atoms with Crippen LogP contribution in [0.4, 0.5) is 5.82 Å². The normalized spacial score (nSPS) is 12.3. The molecule has 2 amide bonds. The van der Waals surface area contributed by atoms with Gasteiger partial charge in [-0.15, -0.1) is 0 Å². The maximum Gasteiger partial charge on any atom is 0.249 e. The van der Waals surface area contributed by atoms with E-state index in [1.165, 1.54) is 0 Å². The summed E-state index contributed by atoms with van der Waals surface area (Å²) in [5, 5.41) is 3.73. The average Bonchev–Trinajstić information content (AvgIpc) is 3.34. The summed E-state index contributed by atoms with van der Waals surface area (Å²) in [6, 6.07) is 31.0. The Morgan fingerprint density at radius 1 is 0.865 bits per heavy atom. The minimum atomic E-state index is -0.511. The summed E-state index contributed by atoms with van der Waals surface area (Å²) < 4.78 is 0. The molecule has 3 aromatic carbocycles. The number of pyridine rings is 1. The lowest BCUT2D eigenvalue weighted by Crippen LogP contribution is -2.19. The number of nitrogens with two attached hydrogens (primary N) is 1. The van der Waals surface area contributed by atoms with Gasteiger partial charge in [-0.3, -0.25) is 9.59 Å². The molecular formula is C31H26N4O2. The summed E-state index contributed by atoms with van der Waals surface area (Å²) in [5.74, 6) is -0.566. The van der Waals surface area contributed by atoms with Crippen molar-refractivity contribution < 1.29 is 9.59 Å². The first kappa shape index (κ1) is 23.8. The van der Waals surface area contributed by atoms with E-state index in [1.54, 1.807) is 18.3 Å². The number of H-pyrrole nitrogens is 1. The van der Waals surface area contributed by atoms with E-state index in [1.807, 2.05) is 85.8 Å². The number of hydrogen-bond acceptors (Lipinski definition) is 3. The van der Waals surface area contributed by atoms with Crippen molar-refractivity contribution in [2.45, 2.75) is 12.8 Å². The molecule has 0 aliphatic carbocycles. The number of anilines is 1. The molecule has 37 heavy (non-hydrogen) atoms. The number of aromatic amines is 1. The fourth-order valence-electron chi connectivity index (χ4n) is 4.27. The summed E-state index contributed by atoms with van der Waals surface area (Å²) in [7, 11) is 0. The lowest BCUT2D eigenvalue weighted by Gasteiger charge is -2.13. The number of fused-ring (bicyclic) bond motifs is 1. The van der Waals surface area contributed by atoms with Crippen LogP contribution in [0.5, 0.6) is 0 Å². The third kappa shape index (κ3) is 5.18. The van der Waals surface area contributed by atoms with Crippen LogP contribution in [-0.4, -0.2) is 21.8 Å². The summed E-state index contributed by atoms with van der Waals surface area (Å²) in [4.78, 5) is 32.7. The van der Waals surface area contributed by atoms with E-state index in [0.717, 1.165) is 33.2 Å². The zero-order valence-electron chi connectivity index (χ0n) is 20.3. The molecule has 2 heterocycles. The molecule has 5 rings (SSSR count). The Balaban J connectivity index is 1.33. The van der Waals surface area contributed by atoms with Crippen LogP contribution in [0.3, 0.4) is 0 Å². The lowest BCUT2D eigenvalue weighted by atomic mass is 9.97. The van der Waals surface area contributed by atoms with E-state index < -0.39 is 5.91 Å². The first-order valence-electron chi connectivity index (χ1n) is 12.0. The number of carbonyl (C=O) groups excluding carboxylic acids is 2. The Labute approximate surface area is 214 Å². The molecule has 0 radical (unpaired) electrons. The molecule has 182 valence electrons. The quantitative estimate of drug-likeness (QED) is 0.246. The third-order valence-electron chi connectivity index (χ3n) is 6.38. The van der Waals surface area contributed by atoms with Gasteiger partial charge in [0.1, 0.15) is 11.5 Å². The molecule has 1 unspecified atom stereocenters. The first-order valence-corrected chi connectivity index (χ1v) is 12.0. The molecule has 6 heteroatoms. The molecule has 0 aliphatic rings. The molecule has 1 atom stereocenters. The van der Waals surface area contributed by atoms with Crippen molar-refractivity contribution in [1.29, 1.82) is 0 Å². The average molecular weight is 487 g/mol. The highest BCUT2D eigenvalue weighted by atomic mass is 16.2. The number of rotatable bonds is 7. The van der Waals surface area contributed by atoms with Gasteiger partial charge < -0.3 is 16.0 Å². The van der Waals surface area contributed by atoms with Gasteiger partial charge >= 0.3 is 0 Å². The van der Waals surface area contributed by atoms with Crippen LogP contribution < -0.4 is 11.1 Å². The highest BCUT2D eigenvalue weighted by Crippen LogP contribution is 2.26. The van der Waals surface area contributed by atoms with Crippen molar-refractivity contribution in [3.63, 3.8) is 0 Å². The van der Waals surface area contributed by atoms with Crippen LogP contribution in [-0.2, 0) is 9.59 Å². The number of carbonyl (C=O) groups is 2. The van der Waals surface area contributed by atoms with Crippen LogP contribution in [0.2, 0.25) is 0 Å². The van der Waals surface area contributed by atoms with Crippen LogP contribution in [0.25, 0.3) is 33.8 Å². The third-order valence-corrected chi connectivity index (χ3v) is 6.38. The Morgan fingerprint density at radius 3 is 2.19 bits per heavy atom. The van der Waals surface area contributed by atoms with Crippen molar-refractivity contribution in [1.82, 2.24) is 9.97 Å². The van der Waals surface area contributed by atoms with Crippen molar-refractivity contribution in [3.05, 3.63) is 120 Å². The fraction of sp³-hybridized carbons (Fsp3) is 0.0645. The Kier molecular flexibility index (Phi) is 6.64. The second kappa shape index (κ2) is 10.3. The maximum atomic E-state index is 13.0. The van der Waals surface area contributed by atoms with Crippen molar-refractivity contribution >= 4 is 40.3 Å². The molecule has 2 aromatic heterocycles. The number of nitrogens with zero attached hydrogens (tertiary/aromatic N) is 1. The number of amides is 2. The molecule has 0 spiro atoms. The van der Waals surface area contributed by atoms with Crippen LogP contribution in [0.15, 0.2) is 103 Å². The van der Waals surface area contributed by atoms with E-state index in [9.17, 15) is 9.59 Å². The van der Waals surface area contributed by atoms with Crippen LogP contribution in [0, 0.1) is 0 Å². The molecule has 5 aromatic rings. The van der Waals surface area contributed by atoms with Crippen LogP contribution >= 0.6 is 0 Å². The number of benzene rings is 3. The lowest BCUT2D eigenvalue weighted by molar-refractivity contribution is -0.117. The first-order chi connectivity index (χ1) is 18.0. The summed E-state index contributed by atoms with van der Waals surface area (Å²) in [5.41, 5.74) is 11.3. The minimum absolute atomic E-state index is 0.147. The van der Waals surface area contributed by atoms with Crippen LogP contribution in [0.1, 0.15) is 29.5 Å². The largest absolute Gasteiger partial charge is 0.366 e.